The summed E-state index contributed by atoms with van der Waals surface area (Å²) in [4.78, 5) is 0. The molecule has 0 aromatic carbocycles. The minimum absolute atomic E-state index is 0.00525. The Morgan fingerprint density at radius 3 is 2.15 bits per heavy atom. The molecule has 1 atom stereocenters. The van der Waals surface area contributed by atoms with E-state index in [1.165, 1.54) is 0 Å². The first kappa shape index (κ1) is 12.8. The van der Waals surface area contributed by atoms with Crippen LogP contribution in [0.5, 0.6) is 0 Å². The van der Waals surface area contributed by atoms with E-state index in [2.05, 4.69) is 0 Å². The Kier molecular flexibility index (Phi) is 9.73. The normalized spacial score (nSPS) is 13.2. The number of rotatable bonds is 9. The lowest BCUT2D eigenvalue weighted by molar-refractivity contribution is -0.144. The van der Waals surface area contributed by atoms with Crippen LogP contribution in [0.4, 0.5) is 0 Å². The number of aliphatic hydroxyl groups is 2. The van der Waals surface area contributed by atoms with Gasteiger partial charge in [0.25, 0.3) is 0 Å². The highest BCUT2D eigenvalue weighted by Crippen LogP contribution is 1.92. The van der Waals surface area contributed by atoms with Gasteiger partial charge in [0.1, 0.15) is 0 Å². The quantitative estimate of drug-likeness (QED) is 0.378. The van der Waals surface area contributed by atoms with E-state index in [9.17, 15) is 0 Å². The van der Waals surface area contributed by atoms with Crippen molar-refractivity contribution in [1.82, 2.24) is 0 Å². The van der Waals surface area contributed by atoms with Crippen molar-refractivity contribution in [2.24, 2.45) is 0 Å². The van der Waals surface area contributed by atoms with Crippen molar-refractivity contribution in [1.29, 1.82) is 0 Å². The lowest BCUT2D eigenvalue weighted by atomic mass is 10.6. The van der Waals surface area contributed by atoms with Crippen LogP contribution in [0.2, 0.25) is 0 Å². The largest absolute Gasteiger partial charge is 0.394 e. The molecule has 0 aromatic rings. The fourth-order valence-corrected chi connectivity index (χ4v) is 0.706. The van der Waals surface area contributed by atoms with Gasteiger partial charge >= 0.3 is 0 Å². The van der Waals surface area contributed by atoms with E-state index >= 15 is 0 Å². The molecule has 0 spiro atoms. The van der Waals surface area contributed by atoms with Crippen LogP contribution < -0.4 is 0 Å². The molecule has 0 aromatic heterocycles. The van der Waals surface area contributed by atoms with Gasteiger partial charge < -0.3 is 24.4 Å². The van der Waals surface area contributed by atoms with Crippen LogP contribution in [0.25, 0.3) is 0 Å². The minimum atomic E-state index is -0.329. The summed E-state index contributed by atoms with van der Waals surface area (Å²) in [7, 11) is 0. The van der Waals surface area contributed by atoms with E-state index in [-0.39, 0.29) is 26.1 Å². The van der Waals surface area contributed by atoms with Gasteiger partial charge in [0.15, 0.2) is 6.29 Å². The number of hydrogen-bond donors (Lipinski definition) is 2. The van der Waals surface area contributed by atoms with Crippen molar-refractivity contribution < 1.29 is 24.4 Å². The number of ether oxygens (including phenoxy) is 3. The summed E-state index contributed by atoms with van der Waals surface area (Å²) in [6.45, 7) is 3.24. The van der Waals surface area contributed by atoms with Crippen molar-refractivity contribution in [2.75, 3.05) is 39.6 Å². The Labute approximate surface area is 78.2 Å². The Hall–Kier alpha value is -0.200. The molecule has 0 fully saturated rings. The highest BCUT2D eigenvalue weighted by atomic mass is 16.7. The summed E-state index contributed by atoms with van der Waals surface area (Å²) in [6.07, 6.45) is -0.329. The lowest BCUT2D eigenvalue weighted by Gasteiger charge is -2.12. The first-order valence-corrected chi connectivity index (χ1v) is 4.34. The third-order valence-corrected chi connectivity index (χ3v) is 1.26. The lowest BCUT2D eigenvalue weighted by Crippen LogP contribution is -2.18. The predicted molar refractivity (Wildman–Crippen MR) is 46.4 cm³/mol. The molecule has 2 N–H and O–H groups in total. The second-order valence-corrected chi connectivity index (χ2v) is 2.37. The van der Waals surface area contributed by atoms with Crippen molar-refractivity contribution in [2.45, 2.75) is 13.2 Å². The topological polar surface area (TPSA) is 68.2 Å². The summed E-state index contributed by atoms with van der Waals surface area (Å²) in [5, 5.41) is 16.8. The summed E-state index contributed by atoms with van der Waals surface area (Å²) < 4.78 is 15.1. The van der Waals surface area contributed by atoms with E-state index in [1.54, 1.807) is 6.92 Å². The summed E-state index contributed by atoms with van der Waals surface area (Å²) in [6, 6.07) is 0. The molecule has 0 rings (SSSR count). The zero-order valence-electron chi connectivity index (χ0n) is 7.94. The van der Waals surface area contributed by atoms with Gasteiger partial charge in [0.05, 0.1) is 39.6 Å². The molecule has 5 heteroatoms. The van der Waals surface area contributed by atoms with Crippen LogP contribution >= 0.6 is 0 Å². The average molecular weight is 194 g/mol. The highest BCUT2D eigenvalue weighted by molar-refractivity contribution is 4.35. The third-order valence-electron chi connectivity index (χ3n) is 1.26. The summed E-state index contributed by atoms with van der Waals surface area (Å²) in [5.74, 6) is 0. The summed E-state index contributed by atoms with van der Waals surface area (Å²) in [5.41, 5.74) is 0. The van der Waals surface area contributed by atoms with Crippen LogP contribution in [-0.4, -0.2) is 56.1 Å². The highest BCUT2D eigenvalue weighted by Gasteiger charge is 2.00. The number of hydrogen-bond acceptors (Lipinski definition) is 5. The molecule has 1 unspecified atom stereocenters. The Bertz CT molecular complexity index is 98.5. The van der Waals surface area contributed by atoms with E-state index < -0.39 is 0 Å². The molecule has 0 bridgehead atoms. The van der Waals surface area contributed by atoms with Gasteiger partial charge in [-0.1, -0.05) is 0 Å². The molecule has 5 nitrogen and oxygen atoms in total. The van der Waals surface area contributed by atoms with Crippen molar-refractivity contribution in [3.05, 3.63) is 0 Å². The zero-order valence-corrected chi connectivity index (χ0v) is 7.94. The third kappa shape index (κ3) is 9.72. The first-order chi connectivity index (χ1) is 6.31. The number of aliphatic hydroxyl groups excluding tert-OH is 2. The minimum Gasteiger partial charge on any atom is -0.394 e. The molecule has 80 valence electrons. The standard InChI is InChI=1S/C8H18O5/c1-8(12-5-3-10)13-7-6-11-4-2-9/h8-10H,2-7H2,1H3. The van der Waals surface area contributed by atoms with Crippen LogP contribution in [0.1, 0.15) is 6.92 Å². The van der Waals surface area contributed by atoms with Crippen molar-refractivity contribution in [3.63, 3.8) is 0 Å². The van der Waals surface area contributed by atoms with Gasteiger partial charge in [-0.05, 0) is 6.92 Å². The monoisotopic (exact) mass is 194 g/mol. The molecular formula is C8H18O5. The summed E-state index contributed by atoms with van der Waals surface area (Å²) >= 11 is 0. The van der Waals surface area contributed by atoms with Crippen LogP contribution in [0.15, 0.2) is 0 Å². The van der Waals surface area contributed by atoms with Crippen LogP contribution in [0.3, 0.4) is 0 Å². The molecule has 0 aliphatic heterocycles. The second kappa shape index (κ2) is 9.88. The maximum Gasteiger partial charge on any atom is 0.155 e. The van der Waals surface area contributed by atoms with E-state index in [0.29, 0.717) is 19.8 Å². The Balaban J connectivity index is 3.03. The van der Waals surface area contributed by atoms with Gasteiger partial charge in [-0.25, -0.2) is 0 Å². The SMILES string of the molecule is CC(OCCO)OCCOCCO. The predicted octanol–water partition coefficient (Wildman–Crippen LogP) is -0.633. The van der Waals surface area contributed by atoms with E-state index in [0.717, 1.165) is 0 Å². The smallest absolute Gasteiger partial charge is 0.155 e. The molecule has 0 aliphatic carbocycles. The second-order valence-electron chi connectivity index (χ2n) is 2.37. The zero-order chi connectivity index (χ0) is 9.94. The van der Waals surface area contributed by atoms with Gasteiger partial charge in [-0.3, -0.25) is 0 Å². The average Bonchev–Trinajstić information content (AvgIpc) is 2.14. The molecule has 0 aliphatic rings. The fraction of sp³-hybridized carbons (Fsp3) is 1.00. The van der Waals surface area contributed by atoms with E-state index in [4.69, 9.17) is 24.4 Å². The van der Waals surface area contributed by atoms with Crippen LogP contribution in [-0.2, 0) is 14.2 Å². The fourth-order valence-electron chi connectivity index (χ4n) is 0.706. The molecule has 0 saturated carbocycles. The van der Waals surface area contributed by atoms with E-state index in [1.807, 2.05) is 0 Å². The van der Waals surface area contributed by atoms with Crippen LogP contribution in [0, 0.1) is 0 Å². The van der Waals surface area contributed by atoms with Gasteiger partial charge in [-0.15, -0.1) is 0 Å². The first-order valence-electron chi connectivity index (χ1n) is 4.34. The van der Waals surface area contributed by atoms with Gasteiger partial charge in [0, 0.05) is 0 Å². The van der Waals surface area contributed by atoms with Crippen molar-refractivity contribution >= 4 is 0 Å². The molecule has 13 heavy (non-hydrogen) atoms. The molecule has 0 amide bonds. The van der Waals surface area contributed by atoms with Gasteiger partial charge in [0.2, 0.25) is 0 Å². The van der Waals surface area contributed by atoms with Gasteiger partial charge in [-0.2, -0.15) is 0 Å². The Morgan fingerprint density at radius 1 is 0.923 bits per heavy atom. The molecule has 0 radical (unpaired) electrons. The van der Waals surface area contributed by atoms with Crippen molar-refractivity contribution in [3.8, 4) is 0 Å². The maximum absolute atomic E-state index is 8.42. The molecular weight excluding hydrogens is 176 g/mol. The molecule has 0 saturated heterocycles. The molecule has 0 heterocycles. The Morgan fingerprint density at radius 2 is 1.54 bits per heavy atom. The maximum atomic E-state index is 8.42.